The fraction of sp³-hybridized carbons (Fsp3) is 0.947. The lowest BCUT2D eigenvalue weighted by Crippen LogP contribution is -2.43. The molecule has 4 heteroatoms. The molecule has 1 aliphatic carbocycles. The quantitative estimate of drug-likeness (QED) is 0.610. The van der Waals surface area contributed by atoms with E-state index in [9.17, 15) is 4.79 Å². The topological polar surface area (TPSA) is 38.8 Å². The molecule has 1 aliphatic heterocycles. The lowest BCUT2D eigenvalue weighted by molar-refractivity contribution is -0.124. The first-order valence-electron chi connectivity index (χ1n) is 9.59. The minimum absolute atomic E-state index is 0.363. The predicted octanol–water partition coefficient (Wildman–Crippen LogP) is 3.29. The van der Waals surface area contributed by atoms with Gasteiger partial charge in [-0.1, -0.05) is 6.92 Å². The van der Waals surface area contributed by atoms with Gasteiger partial charge >= 0.3 is 0 Å². The van der Waals surface area contributed by atoms with Crippen molar-refractivity contribution < 1.29 is 14.3 Å². The third kappa shape index (κ3) is 5.84. The number of carbonyl (C=O) groups is 1. The Hall–Kier alpha value is -0.450. The van der Waals surface area contributed by atoms with Crippen molar-refractivity contribution in [3.63, 3.8) is 0 Å². The van der Waals surface area contributed by atoms with E-state index in [1.807, 2.05) is 13.8 Å². The minimum Gasteiger partial charge on any atom is -0.379 e. The molecular weight excluding hydrogens is 290 g/mol. The Morgan fingerprint density at radius 1 is 1.00 bits per heavy atom. The highest BCUT2D eigenvalue weighted by Gasteiger charge is 2.39. The van der Waals surface area contributed by atoms with Crippen molar-refractivity contribution in [1.29, 1.82) is 0 Å². The van der Waals surface area contributed by atoms with Gasteiger partial charge in [0.05, 0.1) is 19.8 Å². The molecule has 1 spiro atoms. The van der Waals surface area contributed by atoms with Gasteiger partial charge in [0.2, 0.25) is 0 Å². The van der Waals surface area contributed by atoms with Crippen molar-refractivity contribution >= 4 is 5.78 Å². The zero-order valence-electron chi connectivity index (χ0n) is 15.1. The first-order chi connectivity index (χ1) is 11.2. The lowest BCUT2D eigenvalue weighted by Gasteiger charge is -2.45. The average molecular weight is 325 g/mol. The van der Waals surface area contributed by atoms with Crippen LogP contribution in [0.2, 0.25) is 0 Å². The number of Topliss-reactive ketones (excluding diaryl/α,β-unsaturated/α-hetero) is 1. The van der Waals surface area contributed by atoms with Crippen LogP contribution in [0.3, 0.4) is 0 Å². The Kier molecular flexibility index (Phi) is 8.01. The second kappa shape index (κ2) is 9.75. The van der Waals surface area contributed by atoms with Crippen molar-refractivity contribution in [3.05, 3.63) is 0 Å². The number of nitrogens with zero attached hydrogens (tertiary/aromatic N) is 1. The molecule has 0 aromatic heterocycles. The van der Waals surface area contributed by atoms with E-state index in [-0.39, 0.29) is 0 Å². The molecule has 2 aliphatic rings. The van der Waals surface area contributed by atoms with Gasteiger partial charge in [0.15, 0.2) is 0 Å². The van der Waals surface area contributed by atoms with E-state index >= 15 is 0 Å². The molecule has 1 heterocycles. The van der Waals surface area contributed by atoms with Crippen LogP contribution in [0.15, 0.2) is 0 Å². The standard InChI is InChI=1S/C19H35NO3/c1-3-18(21)17-5-7-19(8-6-17)9-11-20(12-10-19)13-14-23-16-15-22-4-2/h17H,3-16H2,1-2H3. The van der Waals surface area contributed by atoms with Gasteiger partial charge in [-0.3, -0.25) is 4.79 Å². The molecular formula is C19H35NO3. The number of ketones is 1. The number of carbonyl (C=O) groups excluding carboxylic acids is 1. The van der Waals surface area contributed by atoms with Crippen LogP contribution in [0.25, 0.3) is 0 Å². The lowest BCUT2D eigenvalue weighted by atomic mass is 9.65. The highest BCUT2D eigenvalue weighted by Crippen LogP contribution is 2.46. The van der Waals surface area contributed by atoms with E-state index in [1.165, 1.54) is 38.8 Å². The van der Waals surface area contributed by atoms with Gasteiger partial charge in [0.25, 0.3) is 0 Å². The average Bonchev–Trinajstić information content (AvgIpc) is 2.60. The van der Waals surface area contributed by atoms with Gasteiger partial charge in [-0.15, -0.1) is 0 Å². The highest BCUT2D eigenvalue weighted by molar-refractivity contribution is 5.80. The molecule has 4 nitrogen and oxygen atoms in total. The molecule has 23 heavy (non-hydrogen) atoms. The van der Waals surface area contributed by atoms with Crippen LogP contribution in [-0.4, -0.2) is 56.7 Å². The highest BCUT2D eigenvalue weighted by atomic mass is 16.5. The second-order valence-corrected chi connectivity index (χ2v) is 7.25. The molecule has 0 radical (unpaired) electrons. The monoisotopic (exact) mass is 325 g/mol. The van der Waals surface area contributed by atoms with E-state index in [0.29, 0.717) is 30.3 Å². The van der Waals surface area contributed by atoms with Crippen molar-refractivity contribution in [2.24, 2.45) is 11.3 Å². The summed E-state index contributed by atoms with van der Waals surface area (Å²) in [6, 6.07) is 0. The third-order valence-corrected chi connectivity index (χ3v) is 5.89. The number of ether oxygens (including phenoxy) is 2. The Morgan fingerprint density at radius 2 is 1.65 bits per heavy atom. The maximum absolute atomic E-state index is 11.9. The van der Waals surface area contributed by atoms with E-state index in [4.69, 9.17) is 9.47 Å². The summed E-state index contributed by atoms with van der Waals surface area (Å²) in [5.41, 5.74) is 0.539. The molecule has 1 saturated heterocycles. The molecule has 2 rings (SSSR count). The molecule has 0 unspecified atom stereocenters. The normalized spacial score (nSPS) is 22.5. The number of piperidine rings is 1. The number of likely N-dealkylation sites (tertiary alicyclic amines) is 1. The molecule has 0 amide bonds. The van der Waals surface area contributed by atoms with Gasteiger partial charge in [0.1, 0.15) is 5.78 Å². The summed E-state index contributed by atoms with van der Waals surface area (Å²) in [5.74, 6) is 0.851. The summed E-state index contributed by atoms with van der Waals surface area (Å²) in [4.78, 5) is 14.4. The van der Waals surface area contributed by atoms with Gasteiger partial charge in [-0.2, -0.15) is 0 Å². The van der Waals surface area contributed by atoms with Crippen LogP contribution >= 0.6 is 0 Å². The summed E-state index contributed by atoms with van der Waals surface area (Å²) in [6.07, 6.45) is 8.12. The summed E-state index contributed by atoms with van der Waals surface area (Å²) in [5, 5.41) is 0. The van der Waals surface area contributed by atoms with Crippen LogP contribution in [0.4, 0.5) is 0 Å². The third-order valence-electron chi connectivity index (χ3n) is 5.89. The fourth-order valence-corrected chi connectivity index (χ4v) is 4.15. The first-order valence-corrected chi connectivity index (χ1v) is 9.59. The zero-order valence-corrected chi connectivity index (χ0v) is 15.1. The fourth-order valence-electron chi connectivity index (χ4n) is 4.15. The van der Waals surface area contributed by atoms with E-state index in [2.05, 4.69) is 4.90 Å². The number of rotatable bonds is 9. The molecule has 0 N–H and O–H groups in total. The van der Waals surface area contributed by atoms with E-state index in [1.54, 1.807) is 0 Å². The minimum atomic E-state index is 0.363. The predicted molar refractivity (Wildman–Crippen MR) is 92.7 cm³/mol. The number of hydrogen-bond acceptors (Lipinski definition) is 4. The molecule has 1 saturated carbocycles. The van der Waals surface area contributed by atoms with Gasteiger partial charge < -0.3 is 14.4 Å². The molecule has 0 atom stereocenters. The SMILES string of the molecule is CCOCCOCCN1CCC2(CCC(C(=O)CC)CC2)CC1. The van der Waals surface area contributed by atoms with E-state index in [0.717, 1.165) is 39.0 Å². The van der Waals surface area contributed by atoms with Gasteiger partial charge in [-0.05, 0) is 64.0 Å². The van der Waals surface area contributed by atoms with Crippen LogP contribution in [0.1, 0.15) is 58.8 Å². The Morgan fingerprint density at radius 3 is 2.26 bits per heavy atom. The Balaban J connectivity index is 1.60. The molecule has 2 fully saturated rings. The van der Waals surface area contributed by atoms with Crippen LogP contribution in [0.5, 0.6) is 0 Å². The summed E-state index contributed by atoms with van der Waals surface area (Å²) < 4.78 is 10.9. The first kappa shape index (κ1) is 18.9. The molecule has 0 aromatic rings. The maximum atomic E-state index is 11.9. The van der Waals surface area contributed by atoms with E-state index < -0.39 is 0 Å². The van der Waals surface area contributed by atoms with Crippen LogP contribution < -0.4 is 0 Å². The summed E-state index contributed by atoms with van der Waals surface area (Å²) >= 11 is 0. The molecule has 134 valence electrons. The smallest absolute Gasteiger partial charge is 0.135 e. The second-order valence-electron chi connectivity index (χ2n) is 7.25. The van der Waals surface area contributed by atoms with Gasteiger partial charge in [0, 0.05) is 25.5 Å². The Labute approximate surface area is 141 Å². The molecule has 0 aromatic carbocycles. The van der Waals surface area contributed by atoms with Gasteiger partial charge in [-0.25, -0.2) is 0 Å². The van der Waals surface area contributed by atoms with Crippen molar-refractivity contribution in [1.82, 2.24) is 4.90 Å². The largest absolute Gasteiger partial charge is 0.379 e. The zero-order chi connectivity index (χ0) is 16.5. The van der Waals surface area contributed by atoms with Crippen molar-refractivity contribution in [3.8, 4) is 0 Å². The van der Waals surface area contributed by atoms with Crippen LogP contribution in [0, 0.1) is 11.3 Å². The van der Waals surface area contributed by atoms with Crippen LogP contribution in [-0.2, 0) is 14.3 Å². The number of hydrogen-bond donors (Lipinski definition) is 0. The van der Waals surface area contributed by atoms with Crippen molar-refractivity contribution in [2.45, 2.75) is 58.8 Å². The summed E-state index contributed by atoms with van der Waals surface area (Å²) in [7, 11) is 0. The maximum Gasteiger partial charge on any atom is 0.135 e. The summed E-state index contributed by atoms with van der Waals surface area (Å²) in [6.45, 7) is 10.4. The van der Waals surface area contributed by atoms with Crippen molar-refractivity contribution in [2.75, 3.05) is 46.1 Å². The Bertz CT molecular complexity index is 341. The molecule has 0 bridgehead atoms.